The molecule has 22 heavy (non-hydrogen) atoms. The average molecular weight is 340 g/mol. The Bertz CT molecular complexity index is 604. The third-order valence-electron chi connectivity index (χ3n) is 3.17. The highest BCUT2D eigenvalue weighted by atomic mass is 35.5. The first-order valence-corrected chi connectivity index (χ1v) is 8.39. The van der Waals surface area contributed by atoms with Crippen molar-refractivity contribution in [1.29, 1.82) is 0 Å². The van der Waals surface area contributed by atoms with Crippen molar-refractivity contribution in [2.24, 2.45) is 10.9 Å². The van der Waals surface area contributed by atoms with Crippen molar-refractivity contribution < 1.29 is 9.59 Å². The summed E-state index contributed by atoms with van der Waals surface area (Å²) in [5.74, 6) is 0.191. The molecule has 0 radical (unpaired) electrons. The molecule has 2 N–H and O–H groups in total. The van der Waals surface area contributed by atoms with Gasteiger partial charge in [-0.1, -0.05) is 49.3 Å². The van der Waals surface area contributed by atoms with Crippen LogP contribution in [0.5, 0.6) is 0 Å². The third kappa shape index (κ3) is 4.24. The van der Waals surface area contributed by atoms with Crippen LogP contribution in [0, 0.1) is 5.92 Å². The van der Waals surface area contributed by atoms with Crippen LogP contribution in [0.15, 0.2) is 29.3 Å². The minimum atomic E-state index is -0.646. The van der Waals surface area contributed by atoms with E-state index in [-0.39, 0.29) is 17.7 Å². The predicted molar refractivity (Wildman–Crippen MR) is 90.4 cm³/mol. The van der Waals surface area contributed by atoms with E-state index in [4.69, 9.17) is 11.6 Å². The predicted octanol–water partition coefficient (Wildman–Crippen LogP) is 2.31. The molecule has 0 saturated heterocycles. The van der Waals surface area contributed by atoms with Crippen LogP contribution in [0.3, 0.4) is 0 Å². The molecule has 2 amide bonds. The SMILES string of the molecule is CC(C)[C@@H](NC(=O)c1ccccc1Cl)C(=O)NC1=NCCS1. The highest BCUT2D eigenvalue weighted by Crippen LogP contribution is 2.16. The van der Waals surface area contributed by atoms with Gasteiger partial charge in [0, 0.05) is 5.75 Å². The molecule has 2 rings (SSSR count). The van der Waals surface area contributed by atoms with Gasteiger partial charge in [0.1, 0.15) is 6.04 Å². The van der Waals surface area contributed by atoms with Crippen LogP contribution in [-0.4, -0.2) is 35.3 Å². The summed E-state index contributed by atoms with van der Waals surface area (Å²) in [6, 6.07) is 6.11. The van der Waals surface area contributed by atoms with E-state index in [0.29, 0.717) is 22.3 Å². The van der Waals surface area contributed by atoms with E-state index >= 15 is 0 Å². The van der Waals surface area contributed by atoms with Crippen molar-refractivity contribution in [1.82, 2.24) is 10.6 Å². The Morgan fingerprint density at radius 2 is 2.05 bits per heavy atom. The smallest absolute Gasteiger partial charge is 0.253 e. The quantitative estimate of drug-likeness (QED) is 0.884. The fourth-order valence-corrected chi connectivity index (χ4v) is 2.95. The molecule has 1 aromatic carbocycles. The second-order valence-corrected chi connectivity index (χ2v) is 6.69. The average Bonchev–Trinajstić information content (AvgIpc) is 2.97. The number of thioether (sulfide) groups is 1. The molecule has 0 spiro atoms. The summed E-state index contributed by atoms with van der Waals surface area (Å²) in [7, 11) is 0. The molecule has 0 fully saturated rings. The Kier molecular flexibility index (Phi) is 5.85. The van der Waals surface area contributed by atoms with Gasteiger partial charge in [-0.25, -0.2) is 0 Å². The highest BCUT2D eigenvalue weighted by molar-refractivity contribution is 8.14. The van der Waals surface area contributed by atoms with Crippen molar-refractivity contribution >= 4 is 40.3 Å². The number of hydrogen-bond donors (Lipinski definition) is 2. The lowest BCUT2D eigenvalue weighted by molar-refractivity contribution is -0.122. The molecule has 7 heteroatoms. The molecule has 0 bridgehead atoms. The lowest BCUT2D eigenvalue weighted by Gasteiger charge is -2.21. The van der Waals surface area contributed by atoms with Crippen LogP contribution in [0.25, 0.3) is 0 Å². The molecule has 0 aliphatic carbocycles. The van der Waals surface area contributed by atoms with Gasteiger partial charge in [-0.15, -0.1) is 0 Å². The van der Waals surface area contributed by atoms with Gasteiger partial charge in [0.25, 0.3) is 5.91 Å². The Morgan fingerprint density at radius 3 is 2.64 bits per heavy atom. The van der Waals surface area contributed by atoms with Gasteiger partial charge >= 0.3 is 0 Å². The van der Waals surface area contributed by atoms with Crippen molar-refractivity contribution in [3.05, 3.63) is 34.9 Å². The lowest BCUT2D eigenvalue weighted by atomic mass is 10.0. The Labute approximate surface area is 138 Å². The number of aliphatic imine (C=N–C) groups is 1. The standard InChI is InChI=1S/C15H18ClN3O2S/c1-9(2)12(14(21)19-15-17-7-8-22-15)18-13(20)10-5-3-4-6-11(10)16/h3-6,9,12H,7-8H2,1-2H3,(H,18,20)(H,17,19,21)/t12-/m1/s1. The summed E-state index contributed by atoms with van der Waals surface area (Å²) in [4.78, 5) is 28.8. The van der Waals surface area contributed by atoms with Gasteiger partial charge in [-0.05, 0) is 18.1 Å². The number of halogens is 1. The maximum Gasteiger partial charge on any atom is 0.253 e. The molecular weight excluding hydrogens is 322 g/mol. The van der Waals surface area contributed by atoms with E-state index in [2.05, 4.69) is 15.6 Å². The van der Waals surface area contributed by atoms with E-state index in [9.17, 15) is 9.59 Å². The Hall–Kier alpha value is -1.53. The molecule has 0 unspecified atom stereocenters. The molecule has 5 nitrogen and oxygen atoms in total. The van der Waals surface area contributed by atoms with E-state index in [0.717, 1.165) is 5.75 Å². The molecule has 1 aliphatic rings. The van der Waals surface area contributed by atoms with Crippen molar-refractivity contribution in [2.45, 2.75) is 19.9 Å². The Balaban J connectivity index is 2.06. The number of carbonyl (C=O) groups excluding carboxylic acids is 2. The normalized spacial score (nSPS) is 15.4. The van der Waals surface area contributed by atoms with Gasteiger partial charge in [0.05, 0.1) is 17.1 Å². The van der Waals surface area contributed by atoms with Crippen molar-refractivity contribution in [3.8, 4) is 0 Å². The minimum Gasteiger partial charge on any atom is -0.340 e. The van der Waals surface area contributed by atoms with Crippen LogP contribution < -0.4 is 10.6 Å². The first-order valence-electron chi connectivity index (χ1n) is 7.02. The van der Waals surface area contributed by atoms with E-state index < -0.39 is 6.04 Å². The number of nitrogens with zero attached hydrogens (tertiary/aromatic N) is 1. The fourth-order valence-electron chi connectivity index (χ4n) is 1.99. The number of benzene rings is 1. The second kappa shape index (κ2) is 7.65. The van der Waals surface area contributed by atoms with Gasteiger partial charge in [-0.2, -0.15) is 0 Å². The maximum absolute atomic E-state index is 12.3. The molecule has 0 aromatic heterocycles. The molecule has 0 saturated carbocycles. The van der Waals surface area contributed by atoms with Gasteiger partial charge in [-0.3, -0.25) is 14.6 Å². The summed E-state index contributed by atoms with van der Waals surface area (Å²) in [6.07, 6.45) is 0. The number of amides is 2. The van der Waals surface area contributed by atoms with E-state index in [1.54, 1.807) is 24.3 Å². The van der Waals surface area contributed by atoms with Crippen LogP contribution in [0.1, 0.15) is 24.2 Å². The highest BCUT2D eigenvalue weighted by Gasteiger charge is 2.26. The zero-order valence-corrected chi connectivity index (χ0v) is 14.0. The topological polar surface area (TPSA) is 70.6 Å². The first-order chi connectivity index (χ1) is 10.5. The van der Waals surface area contributed by atoms with E-state index in [1.165, 1.54) is 11.8 Å². The van der Waals surface area contributed by atoms with Crippen LogP contribution in [0.2, 0.25) is 5.02 Å². The van der Waals surface area contributed by atoms with Gasteiger partial charge in [0.15, 0.2) is 5.17 Å². The summed E-state index contributed by atoms with van der Waals surface area (Å²) < 4.78 is 0. The van der Waals surface area contributed by atoms with Crippen LogP contribution in [0.4, 0.5) is 0 Å². The molecule has 1 heterocycles. The molecular formula is C15H18ClN3O2S. The molecule has 1 aromatic rings. The summed E-state index contributed by atoms with van der Waals surface area (Å²) in [5, 5.41) is 6.48. The number of amidine groups is 1. The maximum atomic E-state index is 12.3. The van der Waals surface area contributed by atoms with Crippen molar-refractivity contribution in [2.75, 3.05) is 12.3 Å². The molecule has 1 atom stereocenters. The Morgan fingerprint density at radius 1 is 1.32 bits per heavy atom. The number of carbonyl (C=O) groups is 2. The largest absolute Gasteiger partial charge is 0.340 e. The van der Waals surface area contributed by atoms with Crippen LogP contribution in [-0.2, 0) is 4.79 Å². The summed E-state index contributed by atoms with van der Waals surface area (Å²) in [6.45, 7) is 4.46. The second-order valence-electron chi connectivity index (χ2n) is 5.20. The monoisotopic (exact) mass is 339 g/mol. The zero-order chi connectivity index (χ0) is 16.1. The summed E-state index contributed by atoms with van der Waals surface area (Å²) in [5.41, 5.74) is 0.357. The lowest BCUT2D eigenvalue weighted by Crippen LogP contribution is -2.50. The van der Waals surface area contributed by atoms with Crippen LogP contribution >= 0.6 is 23.4 Å². The third-order valence-corrected chi connectivity index (χ3v) is 4.39. The molecule has 1 aliphatic heterocycles. The minimum absolute atomic E-state index is 0.0570. The van der Waals surface area contributed by atoms with Gasteiger partial charge < -0.3 is 10.6 Å². The number of nitrogens with one attached hydrogen (secondary N) is 2. The van der Waals surface area contributed by atoms with Crippen molar-refractivity contribution in [3.63, 3.8) is 0 Å². The number of hydrogen-bond acceptors (Lipinski definition) is 4. The van der Waals surface area contributed by atoms with E-state index in [1.807, 2.05) is 13.8 Å². The fraction of sp³-hybridized carbons (Fsp3) is 0.400. The van der Waals surface area contributed by atoms with Gasteiger partial charge in [0.2, 0.25) is 5.91 Å². The zero-order valence-electron chi connectivity index (χ0n) is 12.4. The summed E-state index contributed by atoms with van der Waals surface area (Å²) >= 11 is 7.52. The first kappa shape index (κ1) is 16.8. The number of rotatable bonds is 4. The molecule has 118 valence electrons.